The average molecular weight is 212 g/mol. The van der Waals surface area contributed by atoms with Crippen LogP contribution in [0.15, 0.2) is 12.2 Å². The van der Waals surface area contributed by atoms with Crippen molar-refractivity contribution in [2.24, 2.45) is 11.8 Å². The molecule has 6 atom stereocenters. The molecule has 0 amide bonds. The monoisotopic (exact) mass is 212 g/mol. The molecule has 1 N–H and O–H groups in total. The summed E-state index contributed by atoms with van der Waals surface area (Å²) in [7, 11) is 1.63. The summed E-state index contributed by atoms with van der Waals surface area (Å²) in [6.45, 7) is 5.93. The van der Waals surface area contributed by atoms with Gasteiger partial charge in [0.2, 0.25) is 0 Å². The van der Waals surface area contributed by atoms with Gasteiger partial charge in [-0.1, -0.05) is 6.58 Å². The Morgan fingerprint density at radius 2 is 2.33 bits per heavy atom. The van der Waals surface area contributed by atoms with E-state index in [1.165, 1.54) is 0 Å². The maximum atomic E-state index is 10.0. The lowest BCUT2D eigenvalue weighted by molar-refractivity contribution is -0.369. The first-order valence-electron chi connectivity index (χ1n) is 5.30. The molecular weight excluding hydrogens is 196 g/mol. The van der Waals surface area contributed by atoms with Crippen molar-refractivity contribution in [2.45, 2.75) is 37.6 Å². The molecule has 0 aromatic heterocycles. The van der Waals surface area contributed by atoms with E-state index in [0.717, 1.165) is 5.57 Å². The lowest BCUT2D eigenvalue weighted by Crippen LogP contribution is -2.61. The third kappa shape index (κ3) is 1.00. The largest absolute Gasteiger partial charge is 0.390 e. The Balaban J connectivity index is 2.04. The highest BCUT2D eigenvalue weighted by molar-refractivity contribution is 5.23. The van der Waals surface area contributed by atoms with Crippen LogP contribution < -0.4 is 0 Å². The van der Waals surface area contributed by atoms with Gasteiger partial charge in [0.15, 0.2) is 12.6 Å². The van der Waals surface area contributed by atoms with E-state index in [1.807, 2.05) is 6.92 Å². The SMILES string of the molecule is C=C1[C@@H]2O[C@@H](OC)[C@H]3[C@@H]1C[C@H](O)[C@]3(C)O2. The molecule has 1 aliphatic carbocycles. The van der Waals surface area contributed by atoms with Gasteiger partial charge in [0.05, 0.1) is 6.10 Å². The van der Waals surface area contributed by atoms with E-state index >= 15 is 0 Å². The molecule has 4 aliphatic rings. The van der Waals surface area contributed by atoms with Gasteiger partial charge in [-0.3, -0.25) is 0 Å². The predicted molar refractivity (Wildman–Crippen MR) is 51.9 cm³/mol. The Kier molecular flexibility index (Phi) is 1.84. The van der Waals surface area contributed by atoms with Crippen molar-refractivity contribution in [3.63, 3.8) is 0 Å². The minimum absolute atomic E-state index is 0.0648. The van der Waals surface area contributed by atoms with E-state index < -0.39 is 18.0 Å². The van der Waals surface area contributed by atoms with Crippen LogP contribution >= 0.6 is 0 Å². The molecule has 4 bridgehead atoms. The molecule has 0 spiro atoms. The molecule has 1 saturated carbocycles. The van der Waals surface area contributed by atoms with Gasteiger partial charge in [0.1, 0.15) is 5.60 Å². The fourth-order valence-corrected chi connectivity index (χ4v) is 3.25. The third-order valence-corrected chi connectivity index (χ3v) is 4.16. The summed E-state index contributed by atoms with van der Waals surface area (Å²) in [5.41, 5.74) is 0.414. The zero-order valence-corrected chi connectivity index (χ0v) is 8.97. The van der Waals surface area contributed by atoms with E-state index in [2.05, 4.69) is 6.58 Å². The fourth-order valence-electron chi connectivity index (χ4n) is 3.25. The number of rotatable bonds is 1. The van der Waals surface area contributed by atoms with Crippen LogP contribution in [0.1, 0.15) is 13.3 Å². The first kappa shape index (κ1) is 9.78. The number of hydrogen-bond donors (Lipinski definition) is 1. The Morgan fingerprint density at radius 1 is 1.60 bits per heavy atom. The van der Waals surface area contributed by atoms with Crippen LogP contribution in [-0.4, -0.2) is 36.5 Å². The van der Waals surface area contributed by atoms with Crippen LogP contribution in [0.2, 0.25) is 0 Å². The van der Waals surface area contributed by atoms with Gasteiger partial charge >= 0.3 is 0 Å². The molecule has 84 valence electrons. The quantitative estimate of drug-likeness (QED) is 0.649. The first-order chi connectivity index (χ1) is 7.08. The van der Waals surface area contributed by atoms with E-state index in [4.69, 9.17) is 14.2 Å². The summed E-state index contributed by atoms with van der Waals surface area (Å²) in [6, 6.07) is 0. The van der Waals surface area contributed by atoms with Gasteiger partial charge in [-0.05, 0) is 24.8 Å². The first-order valence-corrected chi connectivity index (χ1v) is 5.30. The van der Waals surface area contributed by atoms with Crippen molar-refractivity contribution in [1.82, 2.24) is 0 Å². The van der Waals surface area contributed by atoms with Crippen molar-refractivity contribution in [3.8, 4) is 0 Å². The number of aliphatic hydroxyl groups is 1. The van der Waals surface area contributed by atoms with Crippen molar-refractivity contribution >= 4 is 0 Å². The second kappa shape index (κ2) is 2.83. The molecule has 3 saturated heterocycles. The lowest BCUT2D eigenvalue weighted by atomic mass is 9.77. The van der Waals surface area contributed by atoms with E-state index in [9.17, 15) is 5.11 Å². The zero-order valence-electron chi connectivity index (χ0n) is 8.97. The highest BCUT2D eigenvalue weighted by atomic mass is 16.8. The summed E-state index contributed by atoms with van der Waals surface area (Å²) in [4.78, 5) is 0. The number of hydrogen-bond acceptors (Lipinski definition) is 4. The van der Waals surface area contributed by atoms with Gasteiger partial charge in [-0.25, -0.2) is 0 Å². The molecule has 4 rings (SSSR count). The number of ether oxygens (including phenoxy) is 3. The molecule has 15 heavy (non-hydrogen) atoms. The van der Waals surface area contributed by atoms with E-state index in [1.54, 1.807) is 7.11 Å². The molecule has 4 heteroatoms. The summed E-state index contributed by atoms with van der Waals surface area (Å²) in [5, 5.41) is 10.0. The highest BCUT2D eigenvalue weighted by Crippen LogP contribution is 2.57. The maximum Gasteiger partial charge on any atom is 0.183 e. The van der Waals surface area contributed by atoms with Crippen LogP contribution in [0.5, 0.6) is 0 Å². The Bertz CT molecular complexity index is 316. The molecule has 4 nitrogen and oxygen atoms in total. The van der Waals surface area contributed by atoms with E-state index in [0.29, 0.717) is 6.42 Å². The van der Waals surface area contributed by atoms with Crippen molar-refractivity contribution in [3.05, 3.63) is 12.2 Å². The summed E-state index contributed by atoms with van der Waals surface area (Å²) < 4.78 is 16.7. The summed E-state index contributed by atoms with van der Waals surface area (Å²) in [5.74, 6) is 0.331. The minimum Gasteiger partial charge on any atom is -0.390 e. The molecule has 3 heterocycles. The molecule has 0 aromatic rings. The van der Waals surface area contributed by atoms with Crippen LogP contribution in [0.3, 0.4) is 0 Å². The second-order valence-corrected chi connectivity index (χ2v) is 4.83. The van der Waals surface area contributed by atoms with Gasteiger partial charge in [-0.15, -0.1) is 0 Å². The maximum absolute atomic E-state index is 10.0. The van der Waals surface area contributed by atoms with Crippen molar-refractivity contribution in [2.75, 3.05) is 7.11 Å². The molecule has 3 aliphatic heterocycles. The average Bonchev–Trinajstić information content (AvgIpc) is 2.44. The Hall–Kier alpha value is -0.420. The van der Waals surface area contributed by atoms with Crippen LogP contribution in [0.25, 0.3) is 0 Å². The molecule has 4 fully saturated rings. The number of aliphatic hydroxyl groups excluding tert-OH is 1. The minimum atomic E-state index is -0.532. The van der Waals surface area contributed by atoms with Crippen LogP contribution in [-0.2, 0) is 14.2 Å². The number of fused-ring (bicyclic) bond motifs is 1. The van der Waals surface area contributed by atoms with E-state index in [-0.39, 0.29) is 18.1 Å². The molecule has 0 aromatic carbocycles. The number of methoxy groups -OCH3 is 1. The Labute approximate surface area is 88.8 Å². The van der Waals surface area contributed by atoms with Crippen LogP contribution in [0, 0.1) is 11.8 Å². The normalized spacial score (nSPS) is 57.5. The van der Waals surface area contributed by atoms with Crippen molar-refractivity contribution in [1.29, 1.82) is 0 Å². The zero-order chi connectivity index (χ0) is 10.8. The molecular formula is C11H16O4. The predicted octanol–water partition coefficient (Wildman–Crippen LogP) is 0.657. The fraction of sp³-hybridized carbons (Fsp3) is 0.818. The molecule has 0 radical (unpaired) electrons. The second-order valence-electron chi connectivity index (χ2n) is 4.83. The van der Waals surface area contributed by atoms with Gasteiger partial charge in [0.25, 0.3) is 0 Å². The molecule has 0 unspecified atom stereocenters. The summed E-state index contributed by atoms with van der Waals surface area (Å²) in [6.07, 6.45) is -0.427. The third-order valence-electron chi connectivity index (χ3n) is 4.16. The lowest BCUT2D eigenvalue weighted by Gasteiger charge is -2.52. The highest BCUT2D eigenvalue weighted by Gasteiger charge is 2.65. The van der Waals surface area contributed by atoms with Crippen molar-refractivity contribution < 1.29 is 19.3 Å². The van der Waals surface area contributed by atoms with Crippen LogP contribution in [0.4, 0.5) is 0 Å². The van der Waals surface area contributed by atoms with Gasteiger partial charge in [0, 0.05) is 13.0 Å². The van der Waals surface area contributed by atoms with Gasteiger partial charge in [-0.2, -0.15) is 0 Å². The topological polar surface area (TPSA) is 47.9 Å². The Morgan fingerprint density at radius 3 is 3.00 bits per heavy atom. The smallest absolute Gasteiger partial charge is 0.183 e. The summed E-state index contributed by atoms with van der Waals surface area (Å²) >= 11 is 0. The standard InChI is InChI=1S/C11H16O4/c1-5-6-4-7(12)11(2)8(6)10(13-3)14-9(5)15-11/h6-10,12H,1,4H2,2-3H3/t6-,7+,8-,9-,10-,11+/m1/s1. The van der Waals surface area contributed by atoms with Gasteiger partial charge < -0.3 is 19.3 Å².